The molecule has 1 rings (SSSR count). The van der Waals surface area contributed by atoms with Crippen molar-refractivity contribution < 1.29 is 0 Å². The van der Waals surface area contributed by atoms with Gasteiger partial charge in [-0.25, -0.2) is 4.98 Å². The Bertz CT molecular complexity index is 244. The Balaban J connectivity index is 0.00000121. The lowest BCUT2D eigenvalue weighted by Gasteiger charge is -2.09. The van der Waals surface area contributed by atoms with E-state index in [0.717, 1.165) is 10.2 Å². The molecule has 3 nitrogen and oxygen atoms in total. The summed E-state index contributed by atoms with van der Waals surface area (Å²) in [5.74, 6) is 0. The number of pyridine rings is 1. The van der Waals surface area contributed by atoms with Crippen LogP contribution < -0.4 is 11.5 Å². The zero-order valence-electron chi connectivity index (χ0n) is 6.40. The monoisotopic (exact) mass is 251 g/mol. The number of nitrogens with two attached hydrogens (primary N) is 2. The molecule has 0 bridgehead atoms. The zero-order valence-corrected chi connectivity index (χ0v) is 8.81. The SMILES string of the molecule is Cl.NC[C@@H](N)c1cccnc1Br. The van der Waals surface area contributed by atoms with Crippen LogP contribution in [0.25, 0.3) is 0 Å². The Labute approximate surface area is 86.1 Å². The molecule has 1 atom stereocenters. The largest absolute Gasteiger partial charge is 0.329 e. The standard InChI is InChI=1S/C7H10BrN3.ClH/c8-7-5(6(10)4-9)2-1-3-11-7;/h1-3,6H,4,9-10H2;1H/t6-;/m1./s1. The molecule has 12 heavy (non-hydrogen) atoms. The first kappa shape index (κ1) is 11.8. The molecule has 0 fully saturated rings. The summed E-state index contributed by atoms with van der Waals surface area (Å²) in [4.78, 5) is 4.03. The molecule has 0 radical (unpaired) electrons. The van der Waals surface area contributed by atoms with Crippen LogP contribution in [0.4, 0.5) is 0 Å². The molecule has 0 amide bonds. The quantitative estimate of drug-likeness (QED) is 0.778. The van der Waals surface area contributed by atoms with Gasteiger partial charge in [0.1, 0.15) is 4.60 Å². The highest BCUT2D eigenvalue weighted by Gasteiger charge is 2.06. The molecule has 0 spiro atoms. The van der Waals surface area contributed by atoms with E-state index in [2.05, 4.69) is 20.9 Å². The predicted molar refractivity (Wildman–Crippen MR) is 55.2 cm³/mol. The molecular weight excluding hydrogens is 241 g/mol. The van der Waals surface area contributed by atoms with Crippen molar-refractivity contribution in [3.8, 4) is 0 Å². The van der Waals surface area contributed by atoms with Crippen molar-refractivity contribution in [2.45, 2.75) is 6.04 Å². The van der Waals surface area contributed by atoms with E-state index in [9.17, 15) is 0 Å². The van der Waals surface area contributed by atoms with E-state index in [1.54, 1.807) is 6.20 Å². The van der Waals surface area contributed by atoms with E-state index < -0.39 is 0 Å². The van der Waals surface area contributed by atoms with E-state index >= 15 is 0 Å². The van der Waals surface area contributed by atoms with Gasteiger partial charge in [0.25, 0.3) is 0 Å². The number of halogens is 2. The zero-order chi connectivity index (χ0) is 8.27. The van der Waals surface area contributed by atoms with Gasteiger partial charge in [0, 0.05) is 24.3 Å². The van der Waals surface area contributed by atoms with Crippen LogP contribution in [0.1, 0.15) is 11.6 Å². The number of rotatable bonds is 2. The molecule has 0 unspecified atom stereocenters. The highest BCUT2D eigenvalue weighted by Crippen LogP contribution is 2.17. The summed E-state index contributed by atoms with van der Waals surface area (Å²) in [5.41, 5.74) is 12.1. The molecule has 0 aliphatic rings. The smallest absolute Gasteiger partial charge is 0.110 e. The summed E-state index contributed by atoms with van der Waals surface area (Å²) in [5, 5.41) is 0. The minimum Gasteiger partial charge on any atom is -0.329 e. The van der Waals surface area contributed by atoms with Gasteiger partial charge in [-0.3, -0.25) is 0 Å². The Morgan fingerprint density at radius 3 is 2.75 bits per heavy atom. The number of hydrogen-bond donors (Lipinski definition) is 2. The Morgan fingerprint density at radius 2 is 2.25 bits per heavy atom. The second-order valence-electron chi connectivity index (χ2n) is 2.23. The van der Waals surface area contributed by atoms with E-state index in [1.165, 1.54) is 0 Å². The Morgan fingerprint density at radius 1 is 1.58 bits per heavy atom. The fourth-order valence-electron chi connectivity index (χ4n) is 0.802. The maximum atomic E-state index is 5.70. The second-order valence-corrected chi connectivity index (χ2v) is 2.98. The molecule has 0 aliphatic heterocycles. The van der Waals surface area contributed by atoms with Crippen molar-refractivity contribution >= 4 is 28.3 Å². The molecule has 4 N–H and O–H groups in total. The summed E-state index contributed by atoms with van der Waals surface area (Å²) >= 11 is 3.29. The van der Waals surface area contributed by atoms with Gasteiger partial charge in [0.2, 0.25) is 0 Å². The lowest BCUT2D eigenvalue weighted by Crippen LogP contribution is -2.21. The van der Waals surface area contributed by atoms with E-state index in [-0.39, 0.29) is 18.4 Å². The first-order valence-electron chi connectivity index (χ1n) is 3.31. The van der Waals surface area contributed by atoms with Crippen molar-refractivity contribution in [1.29, 1.82) is 0 Å². The molecule has 1 aromatic rings. The maximum absolute atomic E-state index is 5.70. The lowest BCUT2D eigenvalue weighted by atomic mass is 10.1. The third-order valence-corrected chi connectivity index (χ3v) is 2.10. The van der Waals surface area contributed by atoms with Gasteiger partial charge < -0.3 is 11.5 Å². The normalized spacial score (nSPS) is 11.9. The van der Waals surface area contributed by atoms with Gasteiger partial charge in [0.05, 0.1) is 0 Å². The van der Waals surface area contributed by atoms with Gasteiger partial charge in [0.15, 0.2) is 0 Å². The van der Waals surface area contributed by atoms with Crippen LogP contribution in [-0.2, 0) is 0 Å². The average molecular weight is 253 g/mol. The highest BCUT2D eigenvalue weighted by molar-refractivity contribution is 9.10. The van der Waals surface area contributed by atoms with Crippen LogP contribution >= 0.6 is 28.3 Å². The van der Waals surface area contributed by atoms with Crippen LogP contribution in [-0.4, -0.2) is 11.5 Å². The molecule has 0 aliphatic carbocycles. The van der Waals surface area contributed by atoms with Crippen molar-refractivity contribution in [2.24, 2.45) is 11.5 Å². The topological polar surface area (TPSA) is 64.9 Å². The van der Waals surface area contributed by atoms with Crippen molar-refractivity contribution in [3.05, 3.63) is 28.5 Å². The predicted octanol–water partition coefficient (Wildman–Crippen LogP) is 1.22. The first-order chi connectivity index (χ1) is 5.25. The van der Waals surface area contributed by atoms with Crippen LogP contribution in [0, 0.1) is 0 Å². The summed E-state index contributed by atoms with van der Waals surface area (Å²) in [6.07, 6.45) is 1.71. The van der Waals surface area contributed by atoms with Crippen molar-refractivity contribution in [1.82, 2.24) is 4.98 Å². The van der Waals surface area contributed by atoms with Gasteiger partial charge in [-0.2, -0.15) is 0 Å². The number of aromatic nitrogens is 1. The average Bonchev–Trinajstić information content (AvgIpc) is 2.04. The lowest BCUT2D eigenvalue weighted by molar-refractivity contribution is 0.728. The summed E-state index contributed by atoms with van der Waals surface area (Å²) in [6.45, 7) is 0.435. The number of hydrogen-bond acceptors (Lipinski definition) is 3. The summed E-state index contributed by atoms with van der Waals surface area (Å²) in [7, 11) is 0. The molecule has 0 saturated carbocycles. The first-order valence-corrected chi connectivity index (χ1v) is 4.11. The minimum atomic E-state index is -0.127. The van der Waals surface area contributed by atoms with E-state index in [1.807, 2.05) is 12.1 Å². The van der Waals surface area contributed by atoms with Crippen molar-refractivity contribution in [2.75, 3.05) is 6.54 Å². The van der Waals surface area contributed by atoms with Gasteiger partial charge in [-0.05, 0) is 22.0 Å². The molecule has 1 heterocycles. The third kappa shape index (κ3) is 2.71. The molecule has 68 valence electrons. The van der Waals surface area contributed by atoms with E-state index in [4.69, 9.17) is 11.5 Å². The summed E-state index contributed by atoms with van der Waals surface area (Å²) < 4.78 is 0.776. The van der Waals surface area contributed by atoms with Crippen LogP contribution in [0.2, 0.25) is 0 Å². The Kier molecular flexibility index (Phi) is 5.41. The van der Waals surface area contributed by atoms with Gasteiger partial charge >= 0.3 is 0 Å². The highest BCUT2D eigenvalue weighted by atomic mass is 79.9. The van der Waals surface area contributed by atoms with Gasteiger partial charge in [-0.15, -0.1) is 12.4 Å². The van der Waals surface area contributed by atoms with Crippen LogP contribution in [0.3, 0.4) is 0 Å². The maximum Gasteiger partial charge on any atom is 0.110 e. The van der Waals surface area contributed by atoms with Crippen LogP contribution in [0.15, 0.2) is 22.9 Å². The molecule has 1 aromatic heterocycles. The number of nitrogens with zero attached hydrogens (tertiary/aromatic N) is 1. The Hall–Kier alpha value is -0.160. The second kappa shape index (κ2) is 5.48. The minimum absolute atomic E-state index is 0. The molecular formula is C7H11BrClN3. The fourth-order valence-corrected chi connectivity index (χ4v) is 1.35. The summed E-state index contributed by atoms with van der Waals surface area (Å²) in [6, 6.07) is 3.63. The fraction of sp³-hybridized carbons (Fsp3) is 0.286. The molecule has 0 aromatic carbocycles. The third-order valence-electron chi connectivity index (χ3n) is 1.44. The van der Waals surface area contributed by atoms with Crippen molar-refractivity contribution in [3.63, 3.8) is 0 Å². The molecule has 0 saturated heterocycles. The van der Waals surface area contributed by atoms with Gasteiger partial charge in [-0.1, -0.05) is 6.07 Å². The van der Waals surface area contributed by atoms with E-state index in [0.29, 0.717) is 6.54 Å². The molecule has 5 heteroatoms. The van der Waals surface area contributed by atoms with Crippen LogP contribution in [0.5, 0.6) is 0 Å².